The second kappa shape index (κ2) is 6.48. The number of ether oxygens (including phenoxy) is 1. The minimum Gasteiger partial charge on any atom is -0.457 e. The lowest BCUT2D eigenvalue weighted by Crippen LogP contribution is -2.25. The third-order valence-corrected chi connectivity index (χ3v) is 4.48. The van der Waals surface area contributed by atoms with Crippen molar-refractivity contribution in [2.45, 2.75) is 12.8 Å². The standard InChI is InChI=1S/C22H17NO3/c1-14(24)15-7-6-8-16(13-15)23-22(25)21-17-9-2-4-11-19(17)26-20-12-5-3-10-18(20)21/h2-13,21H,1H3,(H,23,25). The van der Waals surface area contributed by atoms with Crippen LogP contribution in [0.1, 0.15) is 34.3 Å². The van der Waals surface area contributed by atoms with Crippen molar-refractivity contribution in [1.82, 2.24) is 0 Å². The number of carbonyl (C=O) groups is 2. The van der Waals surface area contributed by atoms with Gasteiger partial charge in [0.05, 0.1) is 5.92 Å². The van der Waals surface area contributed by atoms with Crippen LogP contribution in [0.15, 0.2) is 72.8 Å². The van der Waals surface area contributed by atoms with Crippen LogP contribution in [0.3, 0.4) is 0 Å². The van der Waals surface area contributed by atoms with Crippen LogP contribution >= 0.6 is 0 Å². The Hall–Kier alpha value is -3.40. The van der Waals surface area contributed by atoms with Crippen LogP contribution < -0.4 is 10.1 Å². The van der Waals surface area contributed by atoms with Crippen molar-refractivity contribution in [2.24, 2.45) is 0 Å². The molecule has 1 N–H and O–H groups in total. The highest BCUT2D eigenvalue weighted by Crippen LogP contribution is 2.44. The Labute approximate surface area is 151 Å². The van der Waals surface area contributed by atoms with Gasteiger partial charge in [-0.2, -0.15) is 0 Å². The Morgan fingerprint density at radius 1 is 0.846 bits per heavy atom. The van der Waals surface area contributed by atoms with Gasteiger partial charge >= 0.3 is 0 Å². The zero-order valence-corrected chi connectivity index (χ0v) is 14.2. The smallest absolute Gasteiger partial charge is 0.236 e. The van der Waals surface area contributed by atoms with Gasteiger partial charge < -0.3 is 10.1 Å². The molecule has 1 aliphatic rings. The van der Waals surface area contributed by atoms with Crippen molar-refractivity contribution in [3.05, 3.63) is 89.5 Å². The number of para-hydroxylation sites is 2. The summed E-state index contributed by atoms with van der Waals surface area (Å²) in [5, 5.41) is 2.94. The number of fused-ring (bicyclic) bond motifs is 2. The summed E-state index contributed by atoms with van der Waals surface area (Å²) < 4.78 is 5.93. The fourth-order valence-corrected chi connectivity index (χ4v) is 3.22. The molecule has 4 nitrogen and oxygen atoms in total. The molecule has 0 spiro atoms. The number of Topliss-reactive ketones (excluding diaryl/α,β-unsaturated/α-hetero) is 1. The lowest BCUT2D eigenvalue weighted by Gasteiger charge is -2.27. The number of rotatable bonds is 3. The van der Waals surface area contributed by atoms with Gasteiger partial charge in [-0.25, -0.2) is 0 Å². The van der Waals surface area contributed by atoms with E-state index in [0.717, 1.165) is 11.1 Å². The molecule has 128 valence electrons. The number of hydrogen-bond acceptors (Lipinski definition) is 3. The Morgan fingerprint density at radius 3 is 2.08 bits per heavy atom. The molecule has 0 saturated carbocycles. The first-order valence-electron chi connectivity index (χ1n) is 8.41. The van der Waals surface area contributed by atoms with E-state index in [9.17, 15) is 9.59 Å². The first-order valence-corrected chi connectivity index (χ1v) is 8.41. The van der Waals surface area contributed by atoms with Crippen LogP contribution in [0.4, 0.5) is 5.69 Å². The van der Waals surface area contributed by atoms with Crippen molar-refractivity contribution in [3.8, 4) is 11.5 Å². The summed E-state index contributed by atoms with van der Waals surface area (Å²) >= 11 is 0. The Morgan fingerprint density at radius 2 is 1.46 bits per heavy atom. The molecule has 0 unspecified atom stereocenters. The molecule has 0 bridgehead atoms. The van der Waals surface area contributed by atoms with Gasteiger partial charge in [-0.1, -0.05) is 48.5 Å². The van der Waals surface area contributed by atoms with Crippen molar-refractivity contribution in [1.29, 1.82) is 0 Å². The zero-order valence-electron chi connectivity index (χ0n) is 14.2. The second-order valence-corrected chi connectivity index (χ2v) is 6.24. The quantitative estimate of drug-likeness (QED) is 0.697. The molecule has 0 aromatic heterocycles. The molecule has 3 aromatic rings. The number of carbonyl (C=O) groups excluding carboxylic acids is 2. The maximum Gasteiger partial charge on any atom is 0.236 e. The number of ketones is 1. The molecule has 0 aliphatic carbocycles. The normalized spacial score (nSPS) is 12.5. The Kier molecular flexibility index (Phi) is 4.01. The molecule has 26 heavy (non-hydrogen) atoms. The van der Waals surface area contributed by atoms with E-state index in [0.29, 0.717) is 22.7 Å². The van der Waals surface area contributed by atoms with E-state index in [-0.39, 0.29) is 11.7 Å². The van der Waals surface area contributed by atoms with Gasteiger partial charge in [-0.05, 0) is 31.2 Å². The van der Waals surface area contributed by atoms with Gasteiger partial charge in [0.25, 0.3) is 0 Å². The third-order valence-electron chi connectivity index (χ3n) is 4.48. The van der Waals surface area contributed by atoms with Gasteiger partial charge in [0, 0.05) is 22.4 Å². The molecule has 0 radical (unpaired) electrons. The minimum absolute atomic E-state index is 0.0390. The fourth-order valence-electron chi connectivity index (χ4n) is 3.22. The predicted molar refractivity (Wildman–Crippen MR) is 99.9 cm³/mol. The van der Waals surface area contributed by atoms with E-state index in [1.807, 2.05) is 48.5 Å². The van der Waals surface area contributed by atoms with E-state index < -0.39 is 5.92 Å². The molecule has 1 amide bonds. The maximum atomic E-state index is 13.1. The summed E-state index contributed by atoms with van der Waals surface area (Å²) in [6, 6.07) is 22.1. The lowest BCUT2D eigenvalue weighted by atomic mass is 9.87. The summed E-state index contributed by atoms with van der Waals surface area (Å²) in [5.74, 6) is 0.696. The van der Waals surface area contributed by atoms with Crippen molar-refractivity contribution >= 4 is 17.4 Å². The number of hydrogen-bond donors (Lipinski definition) is 1. The molecular formula is C22H17NO3. The van der Waals surface area contributed by atoms with Gasteiger partial charge in [0.15, 0.2) is 5.78 Å². The average molecular weight is 343 g/mol. The number of benzene rings is 3. The lowest BCUT2D eigenvalue weighted by molar-refractivity contribution is -0.116. The van der Waals surface area contributed by atoms with Crippen molar-refractivity contribution in [2.75, 3.05) is 5.32 Å². The van der Waals surface area contributed by atoms with Crippen LogP contribution in [0.2, 0.25) is 0 Å². The summed E-state index contributed by atoms with van der Waals surface area (Å²) in [7, 11) is 0. The Balaban J connectivity index is 1.72. The van der Waals surface area contributed by atoms with Crippen molar-refractivity contribution in [3.63, 3.8) is 0 Å². The van der Waals surface area contributed by atoms with E-state index in [1.165, 1.54) is 6.92 Å². The van der Waals surface area contributed by atoms with Crippen LogP contribution in [0, 0.1) is 0 Å². The van der Waals surface area contributed by atoms with Crippen LogP contribution in [-0.4, -0.2) is 11.7 Å². The second-order valence-electron chi connectivity index (χ2n) is 6.24. The third kappa shape index (κ3) is 2.86. The monoisotopic (exact) mass is 343 g/mol. The molecule has 0 atom stereocenters. The Bertz CT molecular complexity index is 964. The van der Waals surface area contributed by atoms with Gasteiger partial charge in [-0.15, -0.1) is 0 Å². The molecule has 4 heteroatoms. The summed E-state index contributed by atoms with van der Waals surface area (Å²) in [5.41, 5.74) is 2.82. The SMILES string of the molecule is CC(=O)c1cccc(NC(=O)C2c3ccccc3Oc3ccccc32)c1. The maximum absolute atomic E-state index is 13.1. The minimum atomic E-state index is -0.475. The molecule has 1 heterocycles. The fraction of sp³-hybridized carbons (Fsp3) is 0.0909. The largest absolute Gasteiger partial charge is 0.457 e. The van der Waals surface area contributed by atoms with Crippen LogP contribution in [0.25, 0.3) is 0 Å². The highest BCUT2D eigenvalue weighted by molar-refractivity contribution is 6.01. The summed E-state index contributed by atoms with van der Waals surface area (Å²) in [6.07, 6.45) is 0. The molecule has 4 rings (SSSR count). The summed E-state index contributed by atoms with van der Waals surface area (Å²) in [4.78, 5) is 24.7. The zero-order chi connectivity index (χ0) is 18.1. The van der Waals surface area contributed by atoms with E-state index in [2.05, 4.69) is 5.32 Å². The highest BCUT2D eigenvalue weighted by Gasteiger charge is 2.32. The topological polar surface area (TPSA) is 55.4 Å². The van der Waals surface area contributed by atoms with Gasteiger partial charge in [0.2, 0.25) is 5.91 Å². The molecule has 3 aromatic carbocycles. The van der Waals surface area contributed by atoms with E-state index in [1.54, 1.807) is 24.3 Å². The molecule has 1 aliphatic heterocycles. The van der Waals surface area contributed by atoms with Crippen molar-refractivity contribution < 1.29 is 14.3 Å². The molecular weight excluding hydrogens is 326 g/mol. The number of nitrogens with one attached hydrogen (secondary N) is 1. The van der Waals surface area contributed by atoms with Crippen LogP contribution in [0.5, 0.6) is 11.5 Å². The van der Waals surface area contributed by atoms with Crippen LogP contribution in [-0.2, 0) is 4.79 Å². The summed E-state index contributed by atoms with van der Waals surface area (Å²) in [6.45, 7) is 1.51. The van der Waals surface area contributed by atoms with E-state index >= 15 is 0 Å². The predicted octanol–water partition coefficient (Wildman–Crippen LogP) is 4.77. The van der Waals surface area contributed by atoms with Gasteiger partial charge in [-0.3, -0.25) is 9.59 Å². The van der Waals surface area contributed by atoms with Gasteiger partial charge in [0.1, 0.15) is 11.5 Å². The first-order chi connectivity index (χ1) is 12.6. The average Bonchev–Trinajstić information content (AvgIpc) is 2.66. The highest BCUT2D eigenvalue weighted by atomic mass is 16.5. The van der Waals surface area contributed by atoms with E-state index in [4.69, 9.17) is 4.74 Å². The molecule has 0 saturated heterocycles. The number of amides is 1. The number of anilines is 1. The molecule has 0 fully saturated rings. The first kappa shape index (κ1) is 16.1.